The van der Waals surface area contributed by atoms with Crippen molar-refractivity contribution in [2.24, 2.45) is 0 Å². The molecule has 1 fully saturated rings. The summed E-state index contributed by atoms with van der Waals surface area (Å²) in [4.78, 5) is 16.4. The molecule has 0 saturated carbocycles. The predicted octanol–water partition coefficient (Wildman–Crippen LogP) is 1.80. The van der Waals surface area contributed by atoms with Crippen molar-refractivity contribution in [2.75, 3.05) is 22.1 Å². The van der Waals surface area contributed by atoms with E-state index in [1.165, 1.54) is 6.20 Å². The molecule has 2 aromatic rings. The highest BCUT2D eigenvalue weighted by molar-refractivity contribution is 7.91. The first-order valence-electron chi connectivity index (χ1n) is 7.69. The van der Waals surface area contributed by atoms with Gasteiger partial charge in [0.15, 0.2) is 9.84 Å². The van der Waals surface area contributed by atoms with Crippen molar-refractivity contribution in [2.45, 2.75) is 12.5 Å². The molecule has 7 nitrogen and oxygen atoms in total. The summed E-state index contributed by atoms with van der Waals surface area (Å²) in [6.07, 6.45) is 3.50. The van der Waals surface area contributed by atoms with Crippen LogP contribution in [0.3, 0.4) is 0 Å². The van der Waals surface area contributed by atoms with Gasteiger partial charge < -0.3 is 10.6 Å². The molecule has 0 spiro atoms. The summed E-state index contributed by atoms with van der Waals surface area (Å²) >= 11 is 0. The van der Waals surface area contributed by atoms with Gasteiger partial charge in [-0.3, -0.25) is 9.78 Å². The Labute approximate surface area is 145 Å². The Morgan fingerprint density at radius 3 is 2.80 bits per heavy atom. The van der Waals surface area contributed by atoms with Crippen LogP contribution in [0.25, 0.3) is 0 Å². The second kappa shape index (κ2) is 6.91. The molecule has 1 aliphatic rings. The van der Waals surface area contributed by atoms with Crippen LogP contribution in [0.15, 0.2) is 42.7 Å². The minimum Gasteiger partial charge on any atom is -0.380 e. The number of carbonyl (C=O) groups is 1. The van der Waals surface area contributed by atoms with E-state index in [0.29, 0.717) is 28.9 Å². The molecule has 1 aromatic heterocycles. The highest BCUT2D eigenvalue weighted by Gasteiger charge is 2.27. The van der Waals surface area contributed by atoms with Crippen molar-refractivity contribution in [1.82, 2.24) is 4.98 Å². The van der Waals surface area contributed by atoms with Gasteiger partial charge in [-0.2, -0.15) is 5.26 Å². The van der Waals surface area contributed by atoms with E-state index in [1.54, 1.807) is 36.5 Å². The summed E-state index contributed by atoms with van der Waals surface area (Å²) in [5.41, 5.74) is 1.70. The Balaban J connectivity index is 1.73. The summed E-state index contributed by atoms with van der Waals surface area (Å²) in [5.74, 6) is -0.139. The lowest BCUT2D eigenvalue weighted by atomic mass is 10.1. The van der Waals surface area contributed by atoms with Gasteiger partial charge in [0.25, 0.3) is 5.91 Å². The number of hydrogen-bond acceptors (Lipinski definition) is 6. The maximum absolute atomic E-state index is 12.4. The lowest BCUT2D eigenvalue weighted by Gasteiger charge is -2.13. The number of rotatable bonds is 4. The largest absolute Gasteiger partial charge is 0.380 e. The monoisotopic (exact) mass is 356 g/mol. The first-order chi connectivity index (χ1) is 12.0. The van der Waals surface area contributed by atoms with Crippen molar-refractivity contribution in [3.63, 3.8) is 0 Å². The van der Waals surface area contributed by atoms with Gasteiger partial charge in [-0.1, -0.05) is 12.1 Å². The average molecular weight is 356 g/mol. The molecule has 3 rings (SSSR count). The lowest BCUT2D eigenvalue weighted by Crippen LogP contribution is -2.21. The average Bonchev–Trinajstić information content (AvgIpc) is 2.94. The molecule has 1 atom stereocenters. The molecular formula is C17H16N4O3S. The van der Waals surface area contributed by atoms with Crippen LogP contribution in [0.2, 0.25) is 0 Å². The molecule has 2 heterocycles. The molecule has 8 heteroatoms. The maximum Gasteiger partial charge on any atom is 0.257 e. The van der Waals surface area contributed by atoms with Gasteiger partial charge in [-0.25, -0.2) is 8.42 Å². The highest BCUT2D eigenvalue weighted by atomic mass is 32.2. The third kappa shape index (κ3) is 4.14. The third-order valence-corrected chi connectivity index (χ3v) is 5.67. The van der Waals surface area contributed by atoms with Gasteiger partial charge in [-0.05, 0) is 24.6 Å². The zero-order valence-electron chi connectivity index (χ0n) is 13.3. The smallest absolute Gasteiger partial charge is 0.257 e. The number of nitrogens with zero attached hydrogens (tertiary/aromatic N) is 2. The predicted molar refractivity (Wildman–Crippen MR) is 94.0 cm³/mol. The Morgan fingerprint density at radius 2 is 2.08 bits per heavy atom. The summed E-state index contributed by atoms with van der Waals surface area (Å²) in [6, 6.07) is 10.2. The summed E-state index contributed by atoms with van der Waals surface area (Å²) in [6.45, 7) is 0. The molecule has 0 bridgehead atoms. The third-order valence-electron chi connectivity index (χ3n) is 3.90. The van der Waals surface area contributed by atoms with Crippen LogP contribution in [-0.4, -0.2) is 36.9 Å². The fraction of sp³-hybridized carbons (Fsp3) is 0.235. The van der Waals surface area contributed by atoms with Crippen LogP contribution >= 0.6 is 0 Å². The quantitative estimate of drug-likeness (QED) is 0.864. The molecule has 1 unspecified atom stereocenters. The first kappa shape index (κ1) is 16.9. The second-order valence-corrected chi connectivity index (χ2v) is 8.05. The van der Waals surface area contributed by atoms with E-state index in [2.05, 4.69) is 15.6 Å². The van der Waals surface area contributed by atoms with Gasteiger partial charge >= 0.3 is 0 Å². The van der Waals surface area contributed by atoms with Crippen molar-refractivity contribution in [3.8, 4) is 6.07 Å². The minimum absolute atomic E-state index is 0.0823. The van der Waals surface area contributed by atoms with E-state index in [4.69, 9.17) is 5.26 Å². The zero-order valence-corrected chi connectivity index (χ0v) is 14.1. The summed E-state index contributed by atoms with van der Waals surface area (Å²) in [5, 5.41) is 14.9. The molecule has 1 aromatic carbocycles. The number of sulfone groups is 1. The SMILES string of the molecule is N#Cc1ccccc1NC(=O)c1cncc(NC2CCS(=O)(=O)C2)c1. The van der Waals surface area contributed by atoms with Crippen molar-refractivity contribution >= 4 is 27.1 Å². The normalized spacial score (nSPS) is 18.3. The van der Waals surface area contributed by atoms with Gasteiger partial charge in [0.05, 0.1) is 34.0 Å². The maximum atomic E-state index is 12.4. The van der Waals surface area contributed by atoms with Crippen LogP contribution in [0.4, 0.5) is 11.4 Å². The van der Waals surface area contributed by atoms with Crippen LogP contribution < -0.4 is 10.6 Å². The number of benzene rings is 1. The van der Waals surface area contributed by atoms with Crippen LogP contribution in [-0.2, 0) is 9.84 Å². The summed E-state index contributed by atoms with van der Waals surface area (Å²) in [7, 11) is -2.98. The molecule has 1 aliphatic heterocycles. The number of hydrogen-bond donors (Lipinski definition) is 2. The summed E-state index contributed by atoms with van der Waals surface area (Å²) < 4.78 is 23.0. The van der Waals surface area contributed by atoms with Crippen molar-refractivity contribution in [1.29, 1.82) is 5.26 Å². The van der Waals surface area contributed by atoms with E-state index < -0.39 is 15.7 Å². The lowest BCUT2D eigenvalue weighted by molar-refractivity contribution is 0.102. The topological polar surface area (TPSA) is 112 Å². The number of amides is 1. The van der Waals surface area contributed by atoms with Crippen LogP contribution in [0.1, 0.15) is 22.3 Å². The number of aromatic nitrogens is 1. The number of nitrogens with one attached hydrogen (secondary N) is 2. The molecule has 2 N–H and O–H groups in total. The van der Waals surface area contributed by atoms with E-state index in [1.807, 2.05) is 6.07 Å². The Morgan fingerprint density at radius 1 is 1.28 bits per heavy atom. The standard InChI is InChI=1S/C17H16N4O3S/c18-8-12-3-1-2-4-16(12)21-17(22)13-7-15(10-19-9-13)20-14-5-6-25(23,24)11-14/h1-4,7,9-10,14,20H,5-6,11H2,(H,21,22). The first-order valence-corrected chi connectivity index (χ1v) is 9.51. The molecule has 25 heavy (non-hydrogen) atoms. The minimum atomic E-state index is -2.98. The van der Waals surface area contributed by atoms with E-state index in [0.717, 1.165) is 0 Å². The number of nitriles is 1. The van der Waals surface area contributed by atoms with Gasteiger partial charge in [-0.15, -0.1) is 0 Å². The van der Waals surface area contributed by atoms with Gasteiger partial charge in [0.1, 0.15) is 6.07 Å². The molecular weight excluding hydrogens is 340 g/mol. The number of carbonyl (C=O) groups excluding carboxylic acids is 1. The Kier molecular flexibility index (Phi) is 4.67. The Bertz CT molecular complexity index is 950. The zero-order chi connectivity index (χ0) is 17.9. The van der Waals surface area contributed by atoms with Crippen molar-refractivity contribution < 1.29 is 13.2 Å². The second-order valence-electron chi connectivity index (χ2n) is 5.82. The Hall–Kier alpha value is -2.92. The van der Waals surface area contributed by atoms with Crippen LogP contribution in [0.5, 0.6) is 0 Å². The number of pyridine rings is 1. The molecule has 1 amide bonds. The fourth-order valence-corrected chi connectivity index (χ4v) is 4.35. The van der Waals surface area contributed by atoms with Gasteiger partial charge in [0.2, 0.25) is 0 Å². The fourth-order valence-electron chi connectivity index (χ4n) is 2.67. The molecule has 128 valence electrons. The van der Waals surface area contributed by atoms with Crippen LogP contribution in [0, 0.1) is 11.3 Å². The molecule has 1 saturated heterocycles. The van der Waals surface area contributed by atoms with Gasteiger partial charge in [0, 0.05) is 18.4 Å². The highest BCUT2D eigenvalue weighted by Crippen LogP contribution is 2.19. The van der Waals surface area contributed by atoms with Crippen molar-refractivity contribution in [3.05, 3.63) is 53.9 Å². The molecule has 0 aliphatic carbocycles. The van der Waals surface area contributed by atoms with E-state index >= 15 is 0 Å². The van der Waals surface area contributed by atoms with E-state index in [9.17, 15) is 13.2 Å². The number of para-hydroxylation sites is 1. The molecule has 0 radical (unpaired) electrons. The number of anilines is 2. The van der Waals surface area contributed by atoms with E-state index in [-0.39, 0.29) is 17.5 Å².